The van der Waals surface area contributed by atoms with Crippen LogP contribution < -0.4 is 4.72 Å². The number of nitrogens with zero attached hydrogens (tertiary/aromatic N) is 1. The normalized spacial score (nSPS) is 11.7. The Kier molecular flexibility index (Phi) is 5.66. The summed E-state index contributed by atoms with van der Waals surface area (Å²) < 4.78 is 30.3. The average molecular weight is 224 g/mol. The van der Waals surface area contributed by atoms with Gasteiger partial charge in [-0.1, -0.05) is 6.92 Å². The smallest absolute Gasteiger partial charge is 0.321 e. The Morgan fingerprint density at radius 2 is 2.00 bits per heavy atom. The predicted molar refractivity (Wildman–Crippen MR) is 51.9 cm³/mol. The van der Waals surface area contributed by atoms with Crippen LogP contribution in [0.15, 0.2) is 0 Å². The van der Waals surface area contributed by atoms with Gasteiger partial charge in [-0.05, 0) is 6.92 Å². The van der Waals surface area contributed by atoms with Crippen molar-refractivity contribution in [2.24, 2.45) is 0 Å². The highest BCUT2D eigenvalue weighted by Crippen LogP contribution is 1.93. The van der Waals surface area contributed by atoms with Gasteiger partial charge in [-0.2, -0.15) is 12.7 Å². The van der Waals surface area contributed by atoms with E-state index >= 15 is 0 Å². The number of rotatable bonds is 6. The van der Waals surface area contributed by atoms with Crippen molar-refractivity contribution in [2.45, 2.75) is 13.8 Å². The minimum absolute atomic E-state index is 0.244. The van der Waals surface area contributed by atoms with Gasteiger partial charge in [0.2, 0.25) is 0 Å². The van der Waals surface area contributed by atoms with Crippen molar-refractivity contribution in [2.75, 3.05) is 26.7 Å². The van der Waals surface area contributed by atoms with Crippen LogP contribution in [-0.4, -0.2) is 45.4 Å². The quantitative estimate of drug-likeness (QED) is 0.607. The van der Waals surface area contributed by atoms with Gasteiger partial charge in [0.1, 0.15) is 6.54 Å². The van der Waals surface area contributed by atoms with Crippen molar-refractivity contribution in [3.05, 3.63) is 0 Å². The van der Waals surface area contributed by atoms with Crippen LogP contribution >= 0.6 is 0 Å². The molecule has 7 heteroatoms. The maximum Gasteiger partial charge on any atom is 0.321 e. The van der Waals surface area contributed by atoms with E-state index in [1.165, 1.54) is 7.05 Å². The zero-order chi connectivity index (χ0) is 11.2. The van der Waals surface area contributed by atoms with E-state index in [1.807, 2.05) is 0 Å². The summed E-state index contributed by atoms with van der Waals surface area (Å²) in [6.45, 7) is 3.58. The molecule has 0 fully saturated rings. The van der Waals surface area contributed by atoms with Gasteiger partial charge in [-0.15, -0.1) is 0 Å². The highest BCUT2D eigenvalue weighted by atomic mass is 32.2. The molecule has 0 unspecified atom stereocenters. The largest absolute Gasteiger partial charge is 0.465 e. The fourth-order valence-electron chi connectivity index (χ4n) is 0.766. The molecule has 0 aliphatic rings. The van der Waals surface area contributed by atoms with Crippen LogP contribution in [-0.2, 0) is 19.7 Å². The van der Waals surface area contributed by atoms with Gasteiger partial charge < -0.3 is 4.74 Å². The van der Waals surface area contributed by atoms with Crippen molar-refractivity contribution >= 4 is 16.2 Å². The molecule has 0 aliphatic heterocycles. The molecule has 0 atom stereocenters. The molecule has 0 radical (unpaired) electrons. The van der Waals surface area contributed by atoms with Crippen molar-refractivity contribution in [1.82, 2.24) is 9.03 Å². The van der Waals surface area contributed by atoms with Crippen molar-refractivity contribution in [1.29, 1.82) is 0 Å². The van der Waals surface area contributed by atoms with Gasteiger partial charge in [-0.3, -0.25) is 4.79 Å². The third-order valence-corrected chi connectivity index (χ3v) is 3.00. The summed E-state index contributed by atoms with van der Waals surface area (Å²) in [7, 11) is -2.23. The SMILES string of the molecule is CCNS(=O)(=O)N(C)CC(=O)OCC. The number of hydrogen-bond acceptors (Lipinski definition) is 4. The summed E-state index contributed by atoms with van der Waals surface area (Å²) >= 11 is 0. The molecule has 6 nitrogen and oxygen atoms in total. The molecular formula is C7H16N2O4S. The van der Waals surface area contributed by atoms with E-state index in [9.17, 15) is 13.2 Å². The molecule has 1 N–H and O–H groups in total. The number of carbonyl (C=O) groups excluding carboxylic acids is 1. The number of carbonyl (C=O) groups is 1. The summed E-state index contributed by atoms with van der Waals surface area (Å²) in [5.74, 6) is -0.559. The van der Waals surface area contributed by atoms with E-state index in [4.69, 9.17) is 0 Å². The standard InChI is InChI=1S/C7H16N2O4S/c1-4-8-14(11,12)9(3)6-7(10)13-5-2/h8H,4-6H2,1-3H3. The summed E-state index contributed by atoms with van der Waals surface area (Å²) in [5.41, 5.74) is 0. The van der Waals surface area contributed by atoms with Crippen LogP contribution in [0.4, 0.5) is 0 Å². The molecule has 0 saturated carbocycles. The number of esters is 1. The molecule has 0 aromatic rings. The maximum atomic E-state index is 11.3. The molecule has 14 heavy (non-hydrogen) atoms. The lowest BCUT2D eigenvalue weighted by Gasteiger charge is -2.15. The van der Waals surface area contributed by atoms with Crippen molar-refractivity contribution in [3.63, 3.8) is 0 Å². The van der Waals surface area contributed by atoms with Crippen LogP contribution in [0.2, 0.25) is 0 Å². The van der Waals surface area contributed by atoms with Crippen LogP contribution in [0, 0.1) is 0 Å². The first-order valence-corrected chi connectivity index (χ1v) is 5.74. The van der Waals surface area contributed by atoms with Crippen molar-refractivity contribution in [3.8, 4) is 0 Å². The molecule has 0 saturated heterocycles. The van der Waals surface area contributed by atoms with E-state index < -0.39 is 16.2 Å². The maximum absolute atomic E-state index is 11.3. The average Bonchev–Trinajstić information content (AvgIpc) is 2.04. The lowest BCUT2D eigenvalue weighted by atomic mass is 10.6. The Morgan fingerprint density at radius 1 is 1.43 bits per heavy atom. The molecule has 0 amide bonds. The first kappa shape index (κ1) is 13.3. The first-order chi connectivity index (χ1) is 6.44. The summed E-state index contributed by atoms with van der Waals surface area (Å²) in [5, 5.41) is 0. The van der Waals surface area contributed by atoms with Gasteiger partial charge in [0, 0.05) is 13.6 Å². The Bertz CT molecular complexity index is 275. The van der Waals surface area contributed by atoms with Gasteiger partial charge in [0.25, 0.3) is 10.2 Å². The zero-order valence-corrected chi connectivity index (χ0v) is 9.43. The fraction of sp³-hybridized carbons (Fsp3) is 0.857. The monoisotopic (exact) mass is 224 g/mol. The minimum Gasteiger partial charge on any atom is -0.465 e. The number of nitrogens with one attached hydrogen (secondary N) is 1. The van der Waals surface area contributed by atoms with Gasteiger partial charge >= 0.3 is 5.97 Å². The Labute approximate surface area is 84.4 Å². The van der Waals surface area contributed by atoms with E-state index in [-0.39, 0.29) is 19.7 Å². The molecular weight excluding hydrogens is 208 g/mol. The van der Waals surface area contributed by atoms with Crippen LogP contribution in [0.25, 0.3) is 0 Å². The Morgan fingerprint density at radius 3 is 2.43 bits per heavy atom. The number of hydrogen-bond donors (Lipinski definition) is 1. The highest BCUT2D eigenvalue weighted by molar-refractivity contribution is 7.87. The molecule has 0 bridgehead atoms. The third-order valence-electron chi connectivity index (χ3n) is 1.39. The zero-order valence-electron chi connectivity index (χ0n) is 8.61. The van der Waals surface area contributed by atoms with Crippen molar-refractivity contribution < 1.29 is 17.9 Å². The Hall–Kier alpha value is -0.660. The Balaban J connectivity index is 4.20. The van der Waals surface area contributed by atoms with E-state index in [1.54, 1.807) is 13.8 Å². The van der Waals surface area contributed by atoms with Gasteiger partial charge in [0.05, 0.1) is 6.61 Å². The number of ether oxygens (including phenoxy) is 1. The molecule has 0 heterocycles. The molecule has 0 aromatic carbocycles. The van der Waals surface area contributed by atoms with Gasteiger partial charge in [0.15, 0.2) is 0 Å². The van der Waals surface area contributed by atoms with Gasteiger partial charge in [-0.25, -0.2) is 4.72 Å². The van der Waals surface area contributed by atoms with E-state index in [2.05, 4.69) is 9.46 Å². The summed E-state index contributed by atoms with van der Waals surface area (Å²) in [6, 6.07) is 0. The minimum atomic E-state index is -3.54. The highest BCUT2D eigenvalue weighted by Gasteiger charge is 2.19. The third kappa shape index (κ3) is 4.54. The lowest BCUT2D eigenvalue weighted by Crippen LogP contribution is -2.41. The lowest BCUT2D eigenvalue weighted by molar-refractivity contribution is -0.143. The molecule has 0 aliphatic carbocycles. The molecule has 84 valence electrons. The van der Waals surface area contributed by atoms with Crippen LogP contribution in [0.1, 0.15) is 13.8 Å². The van der Waals surface area contributed by atoms with E-state index in [0.29, 0.717) is 0 Å². The topological polar surface area (TPSA) is 75.7 Å². The second-order valence-electron chi connectivity index (χ2n) is 2.56. The second-order valence-corrected chi connectivity index (χ2v) is 4.43. The van der Waals surface area contributed by atoms with Crippen LogP contribution in [0.3, 0.4) is 0 Å². The molecule has 0 rings (SSSR count). The summed E-state index contributed by atoms with van der Waals surface area (Å²) in [6.07, 6.45) is 0. The second kappa shape index (κ2) is 5.94. The first-order valence-electron chi connectivity index (χ1n) is 4.30. The molecule has 0 spiro atoms. The van der Waals surface area contributed by atoms with E-state index in [0.717, 1.165) is 4.31 Å². The fourth-order valence-corrected chi connectivity index (χ4v) is 1.63. The number of likely N-dealkylation sites (N-methyl/N-ethyl adjacent to an activating group) is 1. The predicted octanol–water partition coefficient (Wildman–Crippen LogP) is -0.664. The molecule has 0 aromatic heterocycles. The summed E-state index contributed by atoms with van der Waals surface area (Å²) in [4.78, 5) is 10.9. The van der Waals surface area contributed by atoms with Crippen LogP contribution in [0.5, 0.6) is 0 Å².